The molecular formula is C140H170. The number of benzene rings is 12. The number of unbranched alkanes of at least 4 members (excludes halogenated alkanes) is 16. The van der Waals surface area contributed by atoms with Crippen LogP contribution in [0.3, 0.4) is 0 Å². The van der Waals surface area contributed by atoms with Gasteiger partial charge in [-0.3, -0.25) is 0 Å². The van der Waals surface area contributed by atoms with Crippen molar-refractivity contribution in [3.05, 3.63) is 295 Å². The van der Waals surface area contributed by atoms with Crippen molar-refractivity contribution in [3.8, 4) is 91.9 Å². The molecule has 0 radical (unpaired) electrons. The van der Waals surface area contributed by atoms with Gasteiger partial charge in [-0.2, -0.15) is 0 Å². The van der Waals surface area contributed by atoms with Crippen LogP contribution in [0.15, 0.2) is 206 Å². The molecule has 0 aliphatic heterocycles. The van der Waals surface area contributed by atoms with Gasteiger partial charge >= 0.3 is 0 Å². The summed E-state index contributed by atoms with van der Waals surface area (Å²) in [6.45, 7) is 39.0. The number of hydrogen-bond donors (Lipinski definition) is 0. The molecule has 0 N–H and O–H groups in total. The predicted molar refractivity (Wildman–Crippen MR) is 608 cm³/mol. The van der Waals surface area contributed by atoms with Crippen LogP contribution in [0.2, 0.25) is 0 Å². The molecule has 0 fully saturated rings. The zero-order valence-electron chi connectivity index (χ0n) is 89.5. The van der Waals surface area contributed by atoms with Crippen molar-refractivity contribution in [3.63, 3.8) is 0 Å². The lowest BCUT2D eigenvalue weighted by atomic mass is 9.57. The molecule has 0 spiro atoms. The fourth-order valence-corrected chi connectivity index (χ4v) is 29.7. The lowest BCUT2D eigenvalue weighted by molar-refractivity contribution is 0.178. The van der Waals surface area contributed by atoms with Crippen molar-refractivity contribution in [2.45, 2.75) is 389 Å². The van der Waals surface area contributed by atoms with Crippen molar-refractivity contribution in [2.24, 2.45) is 47.3 Å². The topological polar surface area (TPSA) is 0 Å². The van der Waals surface area contributed by atoms with Gasteiger partial charge in [-0.1, -0.05) is 509 Å². The molecular weight excluding hydrogens is 1680 g/mol. The normalized spacial score (nSPS) is 18.4. The van der Waals surface area contributed by atoms with E-state index in [4.69, 9.17) is 0 Å². The molecule has 0 heterocycles. The zero-order valence-corrected chi connectivity index (χ0v) is 89.5. The van der Waals surface area contributed by atoms with Crippen molar-refractivity contribution in [2.75, 3.05) is 0 Å². The Morgan fingerprint density at radius 1 is 0.171 bits per heavy atom. The van der Waals surface area contributed by atoms with E-state index in [1.807, 2.05) is 0 Å². The van der Waals surface area contributed by atoms with E-state index in [9.17, 15) is 0 Å². The summed E-state index contributed by atoms with van der Waals surface area (Å²) in [6.07, 6.45) is 48.9. The Morgan fingerprint density at radius 2 is 0.343 bits per heavy atom. The summed E-state index contributed by atoms with van der Waals surface area (Å²) in [5.74, 6) is 36.7. The third kappa shape index (κ3) is 19.2. The van der Waals surface area contributed by atoms with E-state index in [2.05, 4.69) is 364 Å². The first kappa shape index (κ1) is 103. The number of hydrogen-bond acceptors (Lipinski definition) is 0. The molecule has 0 heteroatoms. The summed E-state index contributed by atoms with van der Waals surface area (Å²) in [5, 5.41) is 6.93. The first-order chi connectivity index (χ1) is 68.8. The van der Waals surface area contributed by atoms with Gasteiger partial charge in [0.05, 0.1) is 0 Å². The minimum absolute atomic E-state index is 0.130. The van der Waals surface area contributed by atoms with Crippen LogP contribution in [0, 0.1) is 94.7 Å². The van der Waals surface area contributed by atoms with E-state index in [0.717, 1.165) is 117 Å². The highest BCUT2D eigenvalue weighted by molar-refractivity contribution is 6.27. The van der Waals surface area contributed by atoms with Gasteiger partial charge < -0.3 is 0 Å². The lowest BCUT2D eigenvalue weighted by Crippen LogP contribution is -2.42. The summed E-state index contributed by atoms with van der Waals surface area (Å²) in [7, 11) is 0. The second kappa shape index (κ2) is 47.9. The number of rotatable bonds is 48. The van der Waals surface area contributed by atoms with Crippen LogP contribution in [-0.4, -0.2) is 0 Å². The molecule has 12 aromatic rings. The number of fused-ring (bicyclic) bond motifs is 12. The van der Waals surface area contributed by atoms with Gasteiger partial charge in [-0.05, 0) is 281 Å². The Kier molecular flexibility index (Phi) is 35.2. The highest BCUT2D eigenvalue weighted by Crippen LogP contribution is 2.66. The van der Waals surface area contributed by atoms with E-state index < -0.39 is 0 Å². The van der Waals surface area contributed by atoms with E-state index >= 15 is 0 Å². The fourth-order valence-electron chi connectivity index (χ4n) is 29.7. The summed E-state index contributed by atoms with van der Waals surface area (Å²) < 4.78 is 0. The Hall–Kier alpha value is -10.1. The maximum Gasteiger partial charge on any atom is 0.0340 e. The first-order valence-corrected chi connectivity index (χ1v) is 57.6. The summed E-state index contributed by atoms with van der Waals surface area (Å²) in [6, 6.07) is 82.7. The smallest absolute Gasteiger partial charge is 0.0340 e. The van der Waals surface area contributed by atoms with E-state index in [1.165, 1.54) is 283 Å². The molecule has 12 aromatic carbocycles. The van der Waals surface area contributed by atoms with Crippen LogP contribution in [-0.2, 0) is 21.7 Å². The Morgan fingerprint density at radius 3 is 0.514 bits per heavy atom. The molecule has 0 saturated heterocycles. The highest BCUT2D eigenvalue weighted by atomic mass is 14.6. The molecule has 16 rings (SSSR count). The summed E-state index contributed by atoms with van der Waals surface area (Å²) in [4.78, 5) is 0. The van der Waals surface area contributed by atoms with Crippen LogP contribution in [0.25, 0.3) is 76.8 Å². The average molecular weight is 1850 g/mol. The molecule has 730 valence electrons. The molecule has 8 unspecified atom stereocenters. The quantitative estimate of drug-likeness (QED) is 0.0203. The lowest BCUT2D eigenvalue weighted by Gasteiger charge is -2.46. The third-order valence-electron chi connectivity index (χ3n) is 36.1. The van der Waals surface area contributed by atoms with Gasteiger partial charge in [0, 0.05) is 66.2 Å². The molecule has 0 aromatic heterocycles. The maximum atomic E-state index is 4.12. The highest BCUT2D eigenvalue weighted by Gasteiger charge is 2.57. The van der Waals surface area contributed by atoms with Gasteiger partial charge in [0.1, 0.15) is 0 Å². The van der Waals surface area contributed by atoms with Crippen LogP contribution >= 0.6 is 0 Å². The molecule has 140 heavy (non-hydrogen) atoms. The molecule has 4 aliphatic carbocycles. The monoisotopic (exact) mass is 1850 g/mol. The summed E-state index contributed by atoms with van der Waals surface area (Å²) in [5.41, 5.74) is 31.4. The van der Waals surface area contributed by atoms with Crippen molar-refractivity contribution >= 4 is 32.3 Å². The molecule has 0 saturated carbocycles. The van der Waals surface area contributed by atoms with Crippen LogP contribution in [0.1, 0.15) is 457 Å². The van der Waals surface area contributed by atoms with Gasteiger partial charge in [0.2, 0.25) is 0 Å². The average Bonchev–Trinajstić information content (AvgIpc) is 1.62. The maximum absolute atomic E-state index is 4.12. The third-order valence-corrected chi connectivity index (χ3v) is 36.1. The van der Waals surface area contributed by atoms with Crippen LogP contribution in [0.4, 0.5) is 0 Å². The minimum Gasteiger partial charge on any atom is -0.0654 e. The van der Waals surface area contributed by atoms with Crippen molar-refractivity contribution in [1.82, 2.24) is 0 Å². The Labute approximate surface area is 850 Å². The molecule has 8 atom stereocenters. The van der Waals surface area contributed by atoms with Gasteiger partial charge in [0.25, 0.3) is 0 Å². The van der Waals surface area contributed by atoms with E-state index in [1.54, 1.807) is 22.3 Å². The van der Waals surface area contributed by atoms with Crippen LogP contribution < -0.4 is 0 Å². The largest absolute Gasteiger partial charge is 0.0654 e. The Balaban J connectivity index is 0.963. The predicted octanol–water partition coefficient (Wildman–Crippen LogP) is 40.1. The molecule has 0 nitrogen and oxygen atoms in total. The van der Waals surface area contributed by atoms with Crippen LogP contribution in [0.5, 0.6) is 0 Å². The van der Waals surface area contributed by atoms with Crippen molar-refractivity contribution < 1.29 is 0 Å². The van der Waals surface area contributed by atoms with Gasteiger partial charge in [-0.25, -0.2) is 0 Å². The Bertz CT molecular complexity index is 5640. The molecule has 0 amide bonds. The SMILES string of the molecule is CCCCCC(CC)C1(C(CC)CCCCC)c2ccccc2-c2ccc(C#Cc3cc(C#Cc4ccc5c(c4)C(C(CC)CCCCC)(C(CC)CCCCC)c4ccccc4-5)c4ccc5c(C#Cc6ccc7c(c6)C(C(CC)CCCCC)(C(CC)CCCCC)c6ccccc6-7)cc(C#Cc6ccc7c(c6)C(C(CC)CCCCC)(C(CC)CCCCC)c6ccccc6-7)c6ccc3c4c65)cc21. The molecule has 4 aliphatic rings. The van der Waals surface area contributed by atoms with E-state index in [0.29, 0.717) is 47.3 Å². The van der Waals surface area contributed by atoms with E-state index in [-0.39, 0.29) is 21.7 Å². The van der Waals surface area contributed by atoms with Gasteiger partial charge in [-0.15, -0.1) is 0 Å². The fraction of sp³-hybridized carbons (Fsp3) is 0.486. The van der Waals surface area contributed by atoms with Crippen molar-refractivity contribution in [1.29, 1.82) is 0 Å². The zero-order chi connectivity index (χ0) is 97.9. The first-order valence-electron chi connectivity index (χ1n) is 57.6. The second-order valence-corrected chi connectivity index (χ2v) is 43.5. The minimum atomic E-state index is -0.130. The second-order valence-electron chi connectivity index (χ2n) is 43.5. The van der Waals surface area contributed by atoms with Gasteiger partial charge in [0.15, 0.2) is 0 Å². The standard InChI is InChI=1S/C140H170/c1-17-33-41-57-107(25-9)137(108(26-10)58-42-34-18-2)127-69-53-49-65-119(127)123-85-77-99(93-131(123)137)73-81-103-97-104(82-74-100-78-86-124-120-66-50-54-70-128(120)138(132(124)94-100,109(27-11)59-43-35-19-3)110(28-12)60-44-36-20-4)116-91-92-118-106(84-76-102-80-88-126-122-68-52-56-72-130(122)140(134(126)96-102,113(31-15)63-47-39-23-7)114(32-16)64-48-40-24-8)98-105(117-90-89-115(103)135(116)136(117)118)83-75-101-79-87-125-121-67-51-55-71-129(121)139(133(125)95-101,111(29-13)61-45-37-21-5)112(30-14)62-46-38-22-6/h49-56,65-72,77-80,85-98,107-114H,17-48,57-64H2,1-16H3. The molecule has 0 bridgehead atoms. The summed E-state index contributed by atoms with van der Waals surface area (Å²) >= 11 is 0.